The minimum absolute atomic E-state index is 0.0456. The Morgan fingerprint density at radius 3 is 2.91 bits per heavy atom. The van der Waals surface area contributed by atoms with Crippen LogP contribution in [0.3, 0.4) is 0 Å². The van der Waals surface area contributed by atoms with Crippen molar-refractivity contribution >= 4 is 44.8 Å². The molecule has 2 N–H and O–H groups in total. The van der Waals surface area contributed by atoms with Crippen LogP contribution in [0.5, 0.6) is 5.75 Å². The number of fused-ring (bicyclic) bond motifs is 1. The van der Waals surface area contributed by atoms with Gasteiger partial charge in [0.2, 0.25) is 0 Å². The number of hydrogen-bond acceptors (Lipinski definition) is 3. The molecule has 0 spiro atoms. The topological polar surface area (TPSA) is 66.6 Å². The van der Waals surface area contributed by atoms with E-state index in [9.17, 15) is 9.90 Å². The van der Waals surface area contributed by atoms with Gasteiger partial charge in [0, 0.05) is 15.7 Å². The Kier molecular flexibility index (Phi) is 4.28. The second-order valence-corrected chi connectivity index (χ2v) is 6.30. The molecule has 0 fully saturated rings. The number of hydrogen-bond donors (Lipinski definition) is 2. The van der Waals surface area contributed by atoms with E-state index in [-0.39, 0.29) is 17.3 Å². The van der Waals surface area contributed by atoms with Crippen molar-refractivity contribution in [1.29, 1.82) is 0 Å². The van der Waals surface area contributed by atoms with E-state index in [2.05, 4.69) is 26.2 Å². The van der Waals surface area contributed by atoms with Crippen LogP contribution in [0, 0.1) is 0 Å². The van der Waals surface area contributed by atoms with Crippen LogP contribution >= 0.6 is 27.5 Å². The van der Waals surface area contributed by atoms with Crippen molar-refractivity contribution in [2.24, 2.45) is 0 Å². The summed E-state index contributed by atoms with van der Waals surface area (Å²) in [7, 11) is 0. The molecule has 0 bridgehead atoms. The zero-order valence-corrected chi connectivity index (χ0v) is 14.5. The lowest BCUT2D eigenvalue weighted by atomic mass is 10.2. The molecule has 2 aromatic heterocycles. The molecule has 0 saturated heterocycles. The number of nitrogens with zero attached hydrogens (tertiary/aromatic N) is 2. The van der Waals surface area contributed by atoms with Crippen LogP contribution in [0.2, 0.25) is 5.02 Å². The van der Waals surface area contributed by atoms with Crippen LogP contribution in [0.25, 0.3) is 5.65 Å². The van der Waals surface area contributed by atoms with Crippen LogP contribution < -0.4 is 5.32 Å². The van der Waals surface area contributed by atoms with E-state index in [1.165, 1.54) is 12.1 Å². The van der Waals surface area contributed by atoms with Crippen molar-refractivity contribution in [1.82, 2.24) is 9.38 Å². The number of nitrogens with one attached hydrogen (secondary N) is 1. The summed E-state index contributed by atoms with van der Waals surface area (Å²) in [5.41, 5.74) is 2.06. The predicted molar refractivity (Wildman–Crippen MR) is 93.3 cm³/mol. The number of halogens is 2. The lowest BCUT2D eigenvalue weighted by Crippen LogP contribution is -2.16. The van der Waals surface area contributed by atoms with Gasteiger partial charge < -0.3 is 10.4 Å². The molecule has 0 unspecified atom stereocenters. The Hall–Kier alpha value is -2.05. The van der Waals surface area contributed by atoms with Crippen LogP contribution in [-0.2, 0) is 6.42 Å². The van der Waals surface area contributed by atoms with Gasteiger partial charge in [0.25, 0.3) is 5.91 Å². The first-order chi connectivity index (χ1) is 11.0. The first-order valence-corrected chi connectivity index (χ1v) is 8.13. The molecule has 3 aromatic rings. The average molecular weight is 395 g/mol. The number of phenolic OH excluding ortho intramolecular Hbond substituents is 1. The quantitative estimate of drug-likeness (QED) is 0.652. The molecule has 23 heavy (non-hydrogen) atoms. The van der Waals surface area contributed by atoms with Gasteiger partial charge in [-0.3, -0.25) is 9.20 Å². The van der Waals surface area contributed by atoms with Crippen molar-refractivity contribution in [3.63, 3.8) is 0 Å². The highest BCUT2D eigenvalue weighted by Crippen LogP contribution is 2.27. The monoisotopic (exact) mass is 393 g/mol. The molecule has 5 nitrogen and oxygen atoms in total. The molecule has 1 amide bonds. The Morgan fingerprint density at radius 2 is 2.17 bits per heavy atom. The minimum atomic E-state index is -0.356. The Labute approximate surface area is 146 Å². The number of imidazole rings is 1. The van der Waals surface area contributed by atoms with Gasteiger partial charge in [0.15, 0.2) is 0 Å². The lowest BCUT2D eigenvalue weighted by molar-refractivity contribution is 0.102. The van der Waals surface area contributed by atoms with Crippen molar-refractivity contribution in [2.45, 2.75) is 13.3 Å². The number of phenols is 1. The van der Waals surface area contributed by atoms with Crippen LogP contribution in [-0.4, -0.2) is 20.4 Å². The van der Waals surface area contributed by atoms with Gasteiger partial charge in [-0.1, -0.05) is 18.5 Å². The maximum Gasteiger partial charge on any atom is 0.274 e. The van der Waals surface area contributed by atoms with Gasteiger partial charge in [-0.15, -0.1) is 0 Å². The number of aromatic nitrogens is 2. The smallest absolute Gasteiger partial charge is 0.274 e. The molecule has 2 heterocycles. The number of carbonyl (C=O) groups is 1. The molecule has 0 atom stereocenters. The summed E-state index contributed by atoms with van der Waals surface area (Å²) in [5.74, 6) is -0.402. The van der Waals surface area contributed by atoms with Crippen molar-refractivity contribution in [3.05, 3.63) is 57.4 Å². The van der Waals surface area contributed by atoms with Gasteiger partial charge >= 0.3 is 0 Å². The summed E-state index contributed by atoms with van der Waals surface area (Å²) in [6, 6.07) is 8.18. The molecular weight excluding hydrogens is 382 g/mol. The number of aromatic hydroxyl groups is 1. The summed E-state index contributed by atoms with van der Waals surface area (Å²) >= 11 is 9.31. The van der Waals surface area contributed by atoms with E-state index in [0.717, 1.165) is 4.47 Å². The van der Waals surface area contributed by atoms with Crippen LogP contribution in [0.15, 0.2) is 41.0 Å². The average Bonchev–Trinajstić information content (AvgIpc) is 2.88. The number of pyridine rings is 1. The summed E-state index contributed by atoms with van der Waals surface area (Å²) < 4.78 is 2.56. The number of rotatable bonds is 3. The molecule has 118 valence electrons. The fraction of sp³-hybridized carbons (Fsp3) is 0.125. The summed E-state index contributed by atoms with van der Waals surface area (Å²) in [6.07, 6.45) is 2.40. The fourth-order valence-electron chi connectivity index (χ4n) is 2.34. The highest BCUT2D eigenvalue weighted by Gasteiger charge is 2.19. The van der Waals surface area contributed by atoms with Crippen molar-refractivity contribution in [3.8, 4) is 5.75 Å². The lowest BCUT2D eigenvalue weighted by Gasteiger charge is -2.09. The Morgan fingerprint density at radius 1 is 1.39 bits per heavy atom. The third kappa shape index (κ3) is 3.04. The minimum Gasteiger partial charge on any atom is -0.506 e. The second kappa shape index (κ2) is 6.22. The van der Waals surface area contributed by atoms with Crippen molar-refractivity contribution < 1.29 is 9.90 Å². The highest BCUT2D eigenvalue weighted by molar-refractivity contribution is 9.10. The summed E-state index contributed by atoms with van der Waals surface area (Å²) in [6.45, 7) is 1.93. The summed E-state index contributed by atoms with van der Waals surface area (Å²) in [5, 5.41) is 13.0. The number of carbonyl (C=O) groups excluding carboxylic acids is 1. The van der Waals surface area contributed by atoms with Gasteiger partial charge in [-0.2, -0.15) is 0 Å². The first-order valence-electron chi connectivity index (χ1n) is 6.96. The van der Waals surface area contributed by atoms with E-state index in [1.54, 1.807) is 16.7 Å². The zero-order chi connectivity index (χ0) is 16.6. The fourth-order valence-corrected chi connectivity index (χ4v) is 2.85. The van der Waals surface area contributed by atoms with E-state index in [4.69, 9.17) is 11.6 Å². The molecule has 0 aliphatic rings. The maximum absolute atomic E-state index is 12.7. The van der Waals surface area contributed by atoms with Gasteiger partial charge in [-0.25, -0.2) is 4.98 Å². The van der Waals surface area contributed by atoms with Crippen LogP contribution in [0.4, 0.5) is 5.69 Å². The second-order valence-electron chi connectivity index (χ2n) is 4.95. The Balaban J connectivity index is 2.06. The summed E-state index contributed by atoms with van der Waals surface area (Å²) in [4.78, 5) is 17.2. The third-order valence-electron chi connectivity index (χ3n) is 3.41. The van der Waals surface area contributed by atoms with Gasteiger partial charge in [0.1, 0.15) is 17.1 Å². The molecule has 0 saturated carbocycles. The van der Waals surface area contributed by atoms with Gasteiger partial charge in [-0.05, 0) is 52.7 Å². The SMILES string of the molecule is CCc1nc2ccc(Br)cn2c1C(=O)Nc1cc(Cl)ccc1O. The Bertz CT molecular complexity index is 908. The first kappa shape index (κ1) is 15.8. The zero-order valence-electron chi connectivity index (χ0n) is 12.2. The van der Waals surface area contributed by atoms with Crippen LogP contribution in [0.1, 0.15) is 23.1 Å². The normalized spacial score (nSPS) is 10.9. The number of anilines is 1. The molecule has 1 aromatic carbocycles. The molecule has 3 rings (SSSR count). The molecule has 0 aliphatic carbocycles. The third-order valence-corrected chi connectivity index (χ3v) is 4.12. The molecule has 0 aliphatic heterocycles. The number of aryl methyl sites for hydroxylation is 1. The highest BCUT2D eigenvalue weighted by atomic mass is 79.9. The predicted octanol–water partition coefficient (Wildman–Crippen LogP) is 4.27. The molecule has 0 radical (unpaired) electrons. The van der Waals surface area contributed by atoms with E-state index in [0.29, 0.717) is 28.5 Å². The standard InChI is InChI=1S/C16H13BrClN3O2/c1-2-11-15(21-8-9(17)3-6-14(21)19-11)16(23)20-12-7-10(18)4-5-13(12)22/h3-8,22H,2H2,1H3,(H,20,23). The molecule has 7 heteroatoms. The molecular formula is C16H13BrClN3O2. The van der Waals surface area contributed by atoms with Gasteiger partial charge in [0.05, 0.1) is 11.4 Å². The largest absolute Gasteiger partial charge is 0.506 e. The van der Waals surface area contributed by atoms with E-state index in [1.807, 2.05) is 19.1 Å². The van der Waals surface area contributed by atoms with E-state index < -0.39 is 0 Å². The number of amides is 1. The van der Waals surface area contributed by atoms with Crippen molar-refractivity contribution in [2.75, 3.05) is 5.32 Å². The van der Waals surface area contributed by atoms with E-state index >= 15 is 0 Å². The number of benzene rings is 1. The maximum atomic E-state index is 12.7.